The van der Waals surface area contributed by atoms with E-state index in [1.54, 1.807) is 0 Å². The lowest BCUT2D eigenvalue weighted by Crippen LogP contribution is -2.40. The van der Waals surface area contributed by atoms with Crippen LogP contribution in [0.25, 0.3) is 0 Å². The Morgan fingerprint density at radius 1 is 0.926 bits per heavy atom. The number of hydrogen-bond donors (Lipinski definition) is 2. The first-order chi connectivity index (χ1) is 12.7. The predicted octanol–water partition coefficient (Wildman–Crippen LogP) is 4.22. The lowest BCUT2D eigenvalue weighted by Gasteiger charge is -2.35. The highest BCUT2D eigenvalue weighted by Crippen LogP contribution is 2.38. The Labute approximate surface area is 164 Å². The zero-order valence-corrected chi connectivity index (χ0v) is 17.9. The molecule has 148 valence electrons. The van der Waals surface area contributed by atoms with Crippen LogP contribution in [0, 0.1) is 0 Å². The third-order valence-electron chi connectivity index (χ3n) is 5.26. The Morgan fingerprint density at radius 2 is 1.52 bits per heavy atom. The number of hydrogen-bond acceptors (Lipinski definition) is 4. The average molecular weight is 388 g/mol. The summed E-state index contributed by atoms with van der Waals surface area (Å²) >= 11 is 0. The van der Waals surface area contributed by atoms with E-state index in [9.17, 15) is 4.80 Å². The van der Waals surface area contributed by atoms with Crippen LogP contribution in [0.15, 0.2) is 54.6 Å². The topological polar surface area (TPSA) is 64.7 Å². The molecule has 1 atom stereocenters. The monoisotopic (exact) mass is 387 g/mol. The quantitative estimate of drug-likeness (QED) is 0.277. The van der Waals surface area contributed by atoms with Gasteiger partial charge in [-0.3, -0.25) is 0 Å². The van der Waals surface area contributed by atoms with Gasteiger partial charge >= 0.3 is 0 Å². The van der Waals surface area contributed by atoms with E-state index in [0.29, 0.717) is 13.2 Å². The zero-order chi connectivity index (χ0) is 19.9. The van der Waals surface area contributed by atoms with E-state index in [2.05, 4.69) is 38.1 Å². The maximum absolute atomic E-state index is 10.5. The molecule has 0 aliphatic rings. The zero-order valence-electron chi connectivity index (χ0n) is 16.9. The fourth-order valence-electron chi connectivity index (χ4n) is 2.70. The summed E-state index contributed by atoms with van der Waals surface area (Å²) in [5, 5.41) is -0.0607. The van der Waals surface area contributed by atoms with Crippen LogP contribution in [0.3, 0.4) is 0 Å². The molecule has 4 nitrogen and oxygen atoms in total. The fraction of sp³-hybridized carbons (Fsp3) is 0.455. The summed E-state index contributed by atoms with van der Waals surface area (Å²) in [5.41, 5.74) is 9.64. The highest BCUT2D eigenvalue weighted by Gasteiger charge is 2.37. The molecule has 0 bridgehead atoms. The molecule has 3 N–H and O–H groups in total. The standard InChI is InChI=1S/C22H33NO3Si/c1-22(2,27(3,4)24)15-19-12-10-18(11-13-19)14-21(23)17-26-25-16-20-8-6-5-7-9-20/h5-13,21,24H,14-17,23H2,1-4H3. The summed E-state index contributed by atoms with van der Waals surface area (Å²) in [6.07, 6.45) is 1.62. The summed E-state index contributed by atoms with van der Waals surface area (Å²) < 4.78 is 0. The molecule has 0 aromatic heterocycles. The van der Waals surface area contributed by atoms with Gasteiger partial charge in [0, 0.05) is 6.04 Å². The third kappa shape index (κ3) is 7.20. The molecule has 27 heavy (non-hydrogen) atoms. The van der Waals surface area contributed by atoms with Crippen molar-refractivity contribution in [3.8, 4) is 0 Å². The van der Waals surface area contributed by atoms with Gasteiger partial charge in [0.2, 0.25) is 0 Å². The molecule has 2 aromatic carbocycles. The van der Waals surface area contributed by atoms with Crippen molar-refractivity contribution < 1.29 is 14.6 Å². The molecule has 0 fully saturated rings. The van der Waals surface area contributed by atoms with E-state index in [-0.39, 0.29) is 11.1 Å². The van der Waals surface area contributed by atoms with E-state index in [1.165, 1.54) is 11.1 Å². The third-order valence-corrected chi connectivity index (χ3v) is 8.75. The predicted molar refractivity (Wildman–Crippen MR) is 113 cm³/mol. The van der Waals surface area contributed by atoms with Gasteiger partial charge in [-0.1, -0.05) is 68.4 Å². The summed E-state index contributed by atoms with van der Waals surface area (Å²) in [7, 11) is -2.20. The second kappa shape index (κ2) is 9.62. The minimum atomic E-state index is -2.20. The van der Waals surface area contributed by atoms with Gasteiger partial charge in [0.05, 0.1) is 6.61 Å². The average Bonchev–Trinajstić information content (AvgIpc) is 2.60. The molecular weight excluding hydrogens is 354 g/mol. The number of rotatable bonds is 10. The van der Waals surface area contributed by atoms with Crippen molar-refractivity contribution in [2.75, 3.05) is 6.61 Å². The summed E-state index contributed by atoms with van der Waals surface area (Å²) in [4.78, 5) is 20.9. The highest BCUT2D eigenvalue weighted by molar-refractivity contribution is 6.72. The van der Waals surface area contributed by atoms with Gasteiger partial charge < -0.3 is 10.5 Å². The molecule has 0 aliphatic carbocycles. The summed E-state index contributed by atoms with van der Waals surface area (Å²) in [6, 6.07) is 18.3. The van der Waals surface area contributed by atoms with E-state index in [1.807, 2.05) is 43.4 Å². The van der Waals surface area contributed by atoms with Crippen molar-refractivity contribution in [3.63, 3.8) is 0 Å². The van der Waals surface area contributed by atoms with Gasteiger partial charge in [0.15, 0.2) is 8.32 Å². The van der Waals surface area contributed by atoms with Gasteiger partial charge in [-0.15, -0.1) is 0 Å². The summed E-state index contributed by atoms with van der Waals surface area (Å²) in [5.74, 6) is 0. The Kier molecular flexibility index (Phi) is 7.76. The molecule has 0 saturated carbocycles. The minimum Gasteiger partial charge on any atom is -0.432 e. The van der Waals surface area contributed by atoms with Gasteiger partial charge in [-0.25, -0.2) is 9.78 Å². The Hall–Kier alpha value is -1.50. The van der Waals surface area contributed by atoms with Gasteiger partial charge in [0.1, 0.15) is 6.61 Å². The molecule has 0 amide bonds. The highest BCUT2D eigenvalue weighted by atomic mass is 28.4. The van der Waals surface area contributed by atoms with Crippen LogP contribution in [-0.2, 0) is 29.2 Å². The SMILES string of the molecule is CC(C)(Cc1ccc(CC(N)COOCc2ccccc2)cc1)[Si](C)(C)O. The van der Waals surface area contributed by atoms with Crippen molar-refractivity contribution >= 4 is 8.32 Å². The molecule has 5 heteroatoms. The van der Waals surface area contributed by atoms with Crippen molar-refractivity contribution in [1.29, 1.82) is 0 Å². The van der Waals surface area contributed by atoms with E-state index in [0.717, 1.165) is 18.4 Å². The van der Waals surface area contributed by atoms with Crippen LogP contribution in [-0.4, -0.2) is 25.8 Å². The van der Waals surface area contributed by atoms with E-state index in [4.69, 9.17) is 15.5 Å². The maximum atomic E-state index is 10.5. The lowest BCUT2D eigenvalue weighted by molar-refractivity contribution is -0.305. The minimum absolute atomic E-state index is 0.0607. The summed E-state index contributed by atoms with van der Waals surface area (Å²) in [6.45, 7) is 9.07. The first-order valence-electron chi connectivity index (χ1n) is 9.51. The largest absolute Gasteiger partial charge is 0.432 e. The first-order valence-corrected chi connectivity index (χ1v) is 12.5. The molecule has 2 aromatic rings. The van der Waals surface area contributed by atoms with E-state index < -0.39 is 8.32 Å². The first kappa shape index (κ1) is 21.8. The van der Waals surface area contributed by atoms with Crippen LogP contribution >= 0.6 is 0 Å². The molecular formula is C22H33NO3Si. The van der Waals surface area contributed by atoms with Crippen molar-refractivity contribution in [2.45, 2.75) is 57.5 Å². The molecule has 0 spiro atoms. The van der Waals surface area contributed by atoms with Gasteiger partial charge in [0.25, 0.3) is 0 Å². The maximum Gasteiger partial charge on any atom is 0.188 e. The molecule has 0 radical (unpaired) electrons. The van der Waals surface area contributed by atoms with Crippen LogP contribution in [0.5, 0.6) is 0 Å². The fourth-order valence-corrected chi connectivity index (χ4v) is 3.34. The smallest absolute Gasteiger partial charge is 0.188 e. The van der Waals surface area contributed by atoms with Gasteiger partial charge in [-0.2, -0.15) is 0 Å². The van der Waals surface area contributed by atoms with E-state index >= 15 is 0 Å². The van der Waals surface area contributed by atoms with Crippen LogP contribution < -0.4 is 5.73 Å². The van der Waals surface area contributed by atoms with Crippen molar-refractivity contribution in [1.82, 2.24) is 0 Å². The van der Waals surface area contributed by atoms with Gasteiger partial charge in [-0.05, 0) is 47.7 Å². The Balaban J connectivity index is 1.75. The van der Waals surface area contributed by atoms with Crippen LogP contribution in [0.4, 0.5) is 0 Å². The van der Waals surface area contributed by atoms with Crippen molar-refractivity contribution in [2.24, 2.45) is 5.73 Å². The molecule has 0 saturated heterocycles. The second-order valence-corrected chi connectivity index (χ2v) is 12.9. The molecule has 1 unspecified atom stereocenters. The number of benzene rings is 2. The lowest BCUT2D eigenvalue weighted by atomic mass is 9.99. The normalized spacial score (nSPS) is 13.6. The Morgan fingerprint density at radius 3 is 2.11 bits per heavy atom. The van der Waals surface area contributed by atoms with Crippen LogP contribution in [0.2, 0.25) is 18.1 Å². The van der Waals surface area contributed by atoms with Crippen LogP contribution in [0.1, 0.15) is 30.5 Å². The van der Waals surface area contributed by atoms with Crippen molar-refractivity contribution in [3.05, 3.63) is 71.3 Å². The number of nitrogens with two attached hydrogens (primary N) is 1. The molecule has 0 aliphatic heterocycles. The molecule has 0 heterocycles. The molecule has 2 rings (SSSR count). The second-order valence-electron chi connectivity index (χ2n) is 8.43. The Bertz CT molecular complexity index is 681.